The van der Waals surface area contributed by atoms with E-state index in [2.05, 4.69) is 29.3 Å². The smallest absolute Gasteiger partial charge is 0.191 e. The van der Waals surface area contributed by atoms with E-state index in [0.717, 1.165) is 28.7 Å². The van der Waals surface area contributed by atoms with Gasteiger partial charge in [0.05, 0.1) is 0 Å². The minimum atomic E-state index is -0.223. The van der Waals surface area contributed by atoms with Gasteiger partial charge in [-0.2, -0.15) is 0 Å². The summed E-state index contributed by atoms with van der Waals surface area (Å²) in [6, 6.07) is 14.6. The minimum Gasteiger partial charge on any atom is -0.486 e. The second-order valence-corrected chi connectivity index (χ2v) is 6.60. The average molecular weight is 357 g/mol. The van der Waals surface area contributed by atoms with Gasteiger partial charge in [-0.3, -0.25) is 0 Å². The molecule has 0 saturated heterocycles. The minimum absolute atomic E-state index is 0.223. The SMILES string of the molecule is CCc1ccc(OCc2nnc(SCc3ccc(F)cc3)n2C)cc1. The molecule has 130 valence electrons. The van der Waals surface area contributed by atoms with Gasteiger partial charge in [0, 0.05) is 12.8 Å². The van der Waals surface area contributed by atoms with E-state index in [1.807, 2.05) is 23.7 Å². The molecule has 25 heavy (non-hydrogen) atoms. The number of halogens is 1. The van der Waals surface area contributed by atoms with Crippen molar-refractivity contribution in [2.45, 2.75) is 30.9 Å². The van der Waals surface area contributed by atoms with Gasteiger partial charge in [-0.15, -0.1) is 10.2 Å². The van der Waals surface area contributed by atoms with E-state index in [9.17, 15) is 4.39 Å². The van der Waals surface area contributed by atoms with Crippen LogP contribution in [-0.4, -0.2) is 14.8 Å². The fraction of sp³-hybridized carbons (Fsp3) is 0.263. The highest BCUT2D eigenvalue weighted by Gasteiger charge is 2.10. The molecule has 3 rings (SSSR count). The third-order valence-electron chi connectivity index (χ3n) is 3.91. The van der Waals surface area contributed by atoms with Crippen LogP contribution in [0, 0.1) is 5.82 Å². The standard InChI is InChI=1S/C19H20FN3OS/c1-3-14-6-10-17(11-7-14)24-12-18-21-22-19(23(18)2)25-13-15-4-8-16(20)9-5-15/h4-11H,3,12-13H2,1-2H3. The molecule has 0 fully saturated rings. The first-order valence-electron chi connectivity index (χ1n) is 8.13. The van der Waals surface area contributed by atoms with Gasteiger partial charge in [0.15, 0.2) is 11.0 Å². The molecule has 0 aliphatic carbocycles. The van der Waals surface area contributed by atoms with Crippen LogP contribution in [0.4, 0.5) is 4.39 Å². The lowest BCUT2D eigenvalue weighted by molar-refractivity contribution is 0.290. The summed E-state index contributed by atoms with van der Waals surface area (Å²) in [5.74, 6) is 2.08. The van der Waals surface area contributed by atoms with Crippen molar-refractivity contribution in [3.05, 3.63) is 71.3 Å². The first kappa shape index (κ1) is 17.5. The number of hydrogen-bond acceptors (Lipinski definition) is 4. The molecule has 3 aromatic rings. The molecule has 0 amide bonds. The highest BCUT2D eigenvalue weighted by molar-refractivity contribution is 7.98. The second kappa shape index (κ2) is 8.16. The number of rotatable bonds is 7. The van der Waals surface area contributed by atoms with Gasteiger partial charge in [0.25, 0.3) is 0 Å². The van der Waals surface area contributed by atoms with E-state index < -0.39 is 0 Å². The number of thioether (sulfide) groups is 1. The van der Waals surface area contributed by atoms with Crippen LogP contribution in [0.1, 0.15) is 23.9 Å². The monoisotopic (exact) mass is 357 g/mol. The van der Waals surface area contributed by atoms with Crippen LogP contribution in [0.3, 0.4) is 0 Å². The molecule has 0 N–H and O–H groups in total. The molecule has 1 aromatic heterocycles. The molecule has 0 unspecified atom stereocenters. The molecule has 0 aliphatic rings. The van der Waals surface area contributed by atoms with Crippen LogP contribution in [0.5, 0.6) is 5.75 Å². The van der Waals surface area contributed by atoms with Gasteiger partial charge >= 0.3 is 0 Å². The van der Waals surface area contributed by atoms with Crippen LogP contribution in [0.2, 0.25) is 0 Å². The zero-order chi connectivity index (χ0) is 17.6. The van der Waals surface area contributed by atoms with E-state index in [4.69, 9.17) is 4.74 Å². The topological polar surface area (TPSA) is 39.9 Å². The van der Waals surface area contributed by atoms with Crippen molar-refractivity contribution in [1.29, 1.82) is 0 Å². The van der Waals surface area contributed by atoms with E-state index in [0.29, 0.717) is 12.4 Å². The van der Waals surface area contributed by atoms with Crippen LogP contribution < -0.4 is 4.74 Å². The number of hydrogen-bond donors (Lipinski definition) is 0. The first-order valence-corrected chi connectivity index (χ1v) is 9.11. The number of ether oxygens (including phenoxy) is 1. The normalized spacial score (nSPS) is 10.8. The number of aromatic nitrogens is 3. The highest BCUT2D eigenvalue weighted by atomic mass is 32.2. The molecule has 0 spiro atoms. The van der Waals surface area contributed by atoms with Gasteiger partial charge < -0.3 is 9.30 Å². The van der Waals surface area contributed by atoms with Crippen LogP contribution in [0.15, 0.2) is 53.7 Å². The predicted molar refractivity (Wildman–Crippen MR) is 97.1 cm³/mol. The molecule has 6 heteroatoms. The Labute approximate surface area is 151 Å². The van der Waals surface area contributed by atoms with Crippen molar-refractivity contribution >= 4 is 11.8 Å². The van der Waals surface area contributed by atoms with Crippen molar-refractivity contribution in [1.82, 2.24) is 14.8 Å². The maximum atomic E-state index is 12.9. The molecule has 0 saturated carbocycles. The van der Waals surface area contributed by atoms with Crippen molar-refractivity contribution in [2.75, 3.05) is 0 Å². The molecule has 4 nitrogen and oxygen atoms in total. The molecule has 0 bridgehead atoms. The molecular weight excluding hydrogens is 337 g/mol. The van der Waals surface area contributed by atoms with E-state index in [1.165, 1.54) is 17.7 Å². The first-order chi connectivity index (χ1) is 12.2. The van der Waals surface area contributed by atoms with E-state index in [1.54, 1.807) is 23.9 Å². The second-order valence-electron chi connectivity index (χ2n) is 5.66. The van der Waals surface area contributed by atoms with Crippen LogP contribution >= 0.6 is 11.8 Å². The third-order valence-corrected chi connectivity index (χ3v) is 5.00. The Kier molecular flexibility index (Phi) is 5.71. The summed E-state index contributed by atoms with van der Waals surface area (Å²) >= 11 is 1.56. The summed E-state index contributed by atoms with van der Waals surface area (Å²) in [5.41, 5.74) is 2.33. The molecular formula is C19H20FN3OS. The quantitative estimate of drug-likeness (QED) is 0.588. The molecule has 2 aromatic carbocycles. The zero-order valence-corrected chi connectivity index (χ0v) is 15.1. The van der Waals surface area contributed by atoms with E-state index >= 15 is 0 Å². The fourth-order valence-corrected chi connectivity index (χ4v) is 3.18. The molecule has 0 radical (unpaired) electrons. The van der Waals surface area contributed by atoms with Crippen molar-refractivity contribution in [3.8, 4) is 5.75 Å². The summed E-state index contributed by atoms with van der Waals surface area (Å²) < 4.78 is 20.6. The number of aryl methyl sites for hydroxylation is 1. The lowest BCUT2D eigenvalue weighted by Crippen LogP contribution is -2.04. The number of benzene rings is 2. The summed E-state index contributed by atoms with van der Waals surface area (Å²) in [5, 5.41) is 9.22. The van der Waals surface area contributed by atoms with Crippen molar-refractivity contribution in [2.24, 2.45) is 7.05 Å². The summed E-state index contributed by atoms with van der Waals surface area (Å²) in [4.78, 5) is 0. The Bertz CT molecular complexity index is 816. The van der Waals surface area contributed by atoms with E-state index in [-0.39, 0.29) is 5.82 Å². The average Bonchev–Trinajstić information content (AvgIpc) is 3.00. The summed E-state index contributed by atoms with van der Waals surface area (Å²) in [6.45, 7) is 2.49. The predicted octanol–water partition coefficient (Wildman–Crippen LogP) is 4.39. The van der Waals surface area contributed by atoms with Crippen LogP contribution in [0.25, 0.3) is 0 Å². The molecule has 1 heterocycles. The molecule has 0 aliphatic heterocycles. The summed E-state index contributed by atoms with van der Waals surface area (Å²) in [6.07, 6.45) is 1.01. The van der Waals surface area contributed by atoms with Gasteiger partial charge in [-0.25, -0.2) is 4.39 Å². The third kappa shape index (κ3) is 4.60. The van der Waals surface area contributed by atoms with Crippen molar-refractivity contribution in [3.63, 3.8) is 0 Å². The number of nitrogens with zero attached hydrogens (tertiary/aromatic N) is 3. The Balaban J connectivity index is 1.57. The maximum Gasteiger partial charge on any atom is 0.191 e. The van der Waals surface area contributed by atoms with Gasteiger partial charge in [0.1, 0.15) is 18.2 Å². The van der Waals surface area contributed by atoms with Crippen molar-refractivity contribution < 1.29 is 9.13 Å². The lowest BCUT2D eigenvalue weighted by atomic mass is 10.2. The van der Waals surface area contributed by atoms with Crippen LogP contribution in [-0.2, 0) is 25.8 Å². The Hall–Kier alpha value is -2.34. The Morgan fingerprint density at radius 2 is 1.68 bits per heavy atom. The summed E-state index contributed by atoms with van der Waals surface area (Å²) in [7, 11) is 1.92. The largest absolute Gasteiger partial charge is 0.486 e. The van der Waals surface area contributed by atoms with Gasteiger partial charge in [-0.05, 0) is 41.8 Å². The highest BCUT2D eigenvalue weighted by Crippen LogP contribution is 2.22. The van der Waals surface area contributed by atoms with Gasteiger partial charge in [0.2, 0.25) is 0 Å². The fourth-order valence-electron chi connectivity index (χ4n) is 2.29. The van der Waals surface area contributed by atoms with Gasteiger partial charge in [-0.1, -0.05) is 43.0 Å². The Morgan fingerprint density at radius 3 is 2.36 bits per heavy atom. The Morgan fingerprint density at radius 1 is 1.00 bits per heavy atom. The maximum absolute atomic E-state index is 12.9. The lowest BCUT2D eigenvalue weighted by Gasteiger charge is -2.07. The zero-order valence-electron chi connectivity index (χ0n) is 14.3. The molecule has 0 atom stereocenters.